The Morgan fingerprint density at radius 2 is 2.06 bits per heavy atom. The fourth-order valence-electron chi connectivity index (χ4n) is 2.88. The van der Waals surface area contributed by atoms with Crippen LogP contribution in [0.2, 0.25) is 0 Å². The van der Waals surface area contributed by atoms with Crippen LogP contribution in [0.4, 0.5) is 0 Å². The van der Waals surface area contributed by atoms with Gasteiger partial charge in [-0.25, -0.2) is 4.98 Å². The van der Waals surface area contributed by atoms with E-state index in [4.69, 9.17) is 5.73 Å². The largest absolute Gasteiger partial charge is 0.342 e. The minimum Gasteiger partial charge on any atom is -0.342 e. The van der Waals surface area contributed by atoms with Crippen LogP contribution >= 0.6 is 15.9 Å². The lowest BCUT2D eigenvalue weighted by Crippen LogP contribution is -2.44. The Bertz CT molecular complexity index is 555. The van der Waals surface area contributed by atoms with Crippen molar-refractivity contribution in [2.75, 3.05) is 0 Å². The van der Waals surface area contributed by atoms with Crippen LogP contribution in [-0.4, -0.2) is 15.5 Å². The van der Waals surface area contributed by atoms with Gasteiger partial charge < -0.3 is 10.7 Å². The standard InChI is InChI=1S/C14H18BrN3/c15-10-4-5-11-12(8-10)18-13(17-11)9-14(16)6-2-1-3-7-14/h4-5,8H,1-3,6-7,9,16H2,(H,17,18). The van der Waals surface area contributed by atoms with E-state index in [1.54, 1.807) is 0 Å². The van der Waals surface area contributed by atoms with Crippen LogP contribution in [0.3, 0.4) is 0 Å². The number of rotatable bonds is 2. The van der Waals surface area contributed by atoms with Gasteiger partial charge in [-0.1, -0.05) is 35.2 Å². The molecule has 0 atom stereocenters. The molecule has 4 heteroatoms. The summed E-state index contributed by atoms with van der Waals surface area (Å²) >= 11 is 3.48. The number of H-pyrrole nitrogens is 1. The van der Waals surface area contributed by atoms with Crippen molar-refractivity contribution in [1.82, 2.24) is 9.97 Å². The first-order chi connectivity index (χ1) is 8.65. The molecule has 3 N–H and O–H groups in total. The lowest BCUT2D eigenvalue weighted by Gasteiger charge is -2.32. The molecule has 3 rings (SSSR count). The molecule has 0 amide bonds. The quantitative estimate of drug-likeness (QED) is 0.891. The van der Waals surface area contributed by atoms with Gasteiger partial charge in [0.05, 0.1) is 11.0 Å². The molecule has 1 aromatic carbocycles. The molecule has 3 nitrogen and oxygen atoms in total. The number of nitrogens with one attached hydrogen (secondary N) is 1. The van der Waals surface area contributed by atoms with E-state index >= 15 is 0 Å². The smallest absolute Gasteiger partial charge is 0.109 e. The van der Waals surface area contributed by atoms with Crippen molar-refractivity contribution in [1.29, 1.82) is 0 Å². The summed E-state index contributed by atoms with van der Waals surface area (Å²) in [4.78, 5) is 8.02. The summed E-state index contributed by atoms with van der Waals surface area (Å²) in [5.74, 6) is 1.02. The van der Waals surface area contributed by atoms with Crippen LogP contribution in [0.25, 0.3) is 11.0 Å². The Morgan fingerprint density at radius 3 is 2.83 bits per heavy atom. The molecule has 18 heavy (non-hydrogen) atoms. The number of aromatic nitrogens is 2. The normalized spacial score (nSPS) is 19.2. The summed E-state index contributed by atoms with van der Waals surface area (Å²) < 4.78 is 1.07. The van der Waals surface area contributed by atoms with Crippen LogP contribution < -0.4 is 5.73 Å². The van der Waals surface area contributed by atoms with Crippen molar-refractivity contribution < 1.29 is 0 Å². The van der Waals surface area contributed by atoms with Crippen molar-refractivity contribution in [3.8, 4) is 0 Å². The molecule has 0 aliphatic heterocycles. The maximum absolute atomic E-state index is 6.47. The number of imidazole rings is 1. The predicted molar refractivity (Wildman–Crippen MR) is 77.5 cm³/mol. The number of nitrogens with zero attached hydrogens (tertiary/aromatic N) is 1. The van der Waals surface area contributed by atoms with Gasteiger partial charge in [-0.3, -0.25) is 0 Å². The lowest BCUT2D eigenvalue weighted by atomic mass is 9.80. The van der Waals surface area contributed by atoms with E-state index in [1.165, 1.54) is 19.3 Å². The third-order valence-corrected chi connectivity index (χ3v) is 4.36. The molecule has 1 heterocycles. The van der Waals surface area contributed by atoms with E-state index in [-0.39, 0.29) is 5.54 Å². The first-order valence-corrected chi connectivity index (χ1v) is 7.37. The van der Waals surface area contributed by atoms with E-state index in [9.17, 15) is 0 Å². The number of halogens is 1. The Balaban J connectivity index is 1.86. The molecule has 2 aromatic rings. The van der Waals surface area contributed by atoms with E-state index in [1.807, 2.05) is 12.1 Å². The van der Waals surface area contributed by atoms with Crippen molar-refractivity contribution in [3.63, 3.8) is 0 Å². The molecule has 1 aliphatic carbocycles. The van der Waals surface area contributed by atoms with E-state index in [0.717, 1.165) is 40.6 Å². The molecule has 1 aliphatic rings. The van der Waals surface area contributed by atoms with Gasteiger partial charge in [-0.05, 0) is 31.0 Å². The number of fused-ring (bicyclic) bond motifs is 1. The number of benzene rings is 1. The Labute approximate surface area is 115 Å². The van der Waals surface area contributed by atoms with Gasteiger partial charge in [0, 0.05) is 16.4 Å². The van der Waals surface area contributed by atoms with E-state index in [0.29, 0.717) is 0 Å². The molecule has 1 fully saturated rings. The zero-order chi connectivity index (χ0) is 12.6. The number of hydrogen-bond donors (Lipinski definition) is 2. The summed E-state index contributed by atoms with van der Waals surface area (Å²) in [5.41, 5.74) is 8.52. The van der Waals surface area contributed by atoms with Crippen LogP contribution in [0.1, 0.15) is 37.9 Å². The van der Waals surface area contributed by atoms with Gasteiger partial charge in [-0.2, -0.15) is 0 Å². The average Bonchev–Trinajstić information content (AvgIpc) is 2.70. The second kappa shape index (κ2) is 4.67. The maximum atomic E-state index is 6.47. The average molecular weight is 308 g/mol. The third kappa shape index (κ3) is 2.45. The monoisotopic (exact) mass is 307 g/mol. The van der Waals surface area contributed by atoms with Crippen LogP contribution in [0, 0.1) is 0 Å². The van der Waals surface area contributed by atoms with Crippen molar-refractivity contribution in [2.24, 2.45) is 5.73 Å². The summed E-state index contributed by atoms with van der Waals surface area (Å²) in [7, 11) is 0. The molecule has 0 radical (unpaired) electrons. The first-order valence-electron chi connectivity index (χ1n) is 6.58. The lowest BCUT2D eigenvalue weighted by molar-refractivity contribution is 0.290. The minimum absolute atomic E-state index is 0.0522. The summed E-state index contributed by atoms with van der Waals surface area (Å²) in [6.07, 6.45) is 6.93. The highest BCUT2D eigenvalue weighted by Gasteiger charge is 2.28. The number of hydrogen-bond acceptors (Lipinski definition) is 2. The molecule has 1 saturated carbocycles. The Morgan fingerprint density at radius 1 is 1.28 bits per heavy atom. The van der Waals surface area contributed by atoms with Crippen LogP contribution in [0.5, 0.6) is 0 Å². The highest BCUT2D eigenvalue weighted by atomic mass is 79.9. The second-order valence-corrected chi connectivity index (χ2v) is 6.36. The zero-order valence-corrected chi connectivity index (χ0v) is 12.0. The highest BCUT2D eigenvalue weighted by Crippen LogP contribution is 2.29. The molecule has 0 spiro atoms. The first kappa shape index (κ1) is 12.2. The van der Waals surface area contributed by atoms with Crippen LogP contribution in [0.15, 0.2) is 22.7 Å². The molecule has 0 bridgehead atoms. The number of nitrogens with two attached hydrogens (primary N) is 1. The highest BCUT2D eigenvalue weighted by molar-refractivity contribution is 9.10. The molecule has 0 unspecified atom stereocenters. The molecule has 1 aromatic heterocycles. The zero-order valence-electron chi connectivity index (χ0n) is 10.4. The van der Waals surface area contributed by atoms with Gasteiger partial charge in [-0.15, -0.1) is 0 Å². The minimum atomic E-state index is -0.0522. The third-order valence-electron chi connectivity index (χ3n) is 3.86. The van der Waals surface area contributed by atoms with E-state index < -0.39 is 0 Å². The molecule has 0 saturated heterocycles. The van der Waals surface area contributed by atoms with Crippen molar-refractivity contribution in [3.05, 3.63) is 28.5 Å². The van der Waals surface area contributed by atoms with Gasteiger partial charge in [0.15, 0.2) is 0 Å². The molecular weight excluding hydrogens is 290 g/mol. The summed E-state index contributed by atoms with van der Waals surface area (Å²) in [6.45, 7) is 0. The van der Waals surface area contributed by atoms with Gasteiger partial charge in [0.25, 0.3) is 0 Å². The molecular formula is C14H18BrN3. The van der Waals surface area contributed by atoms with Crippen molar-refractivity contribution >= 4 is 27.0 Å². The number of aromatic amines is 1. The van der Waals surface area contributed by atoms with Gasteiger partial charge >= 0.3 is 0 Å². The summed E-state index contributed by atoms with van der Waals surface area (Å²) in [5, 5.41) is 0. The molecule has 96 valence electrons. The fraction of sp³-hybridized carbons (Fsp3) is 0.500. The second-order valence-electron chi connectivity index (χ2n) is 5.44. The fourth-order valence-corrected chi connectivity index (χ4v) is 3.25. The van der Waals surface area contributed by atoms with Crippen molar-refractivity contribution in [2.45, 2.75) is 44.1 Å². The predicted octanol–water partition coefficient (Wildman–Crippen LogP) is 3.53. The topological polar surface area (TPSA) is 54.7 Å². The van der Waals surface area contributed by atoms with Crippen LogP contribution in [-0.2, 0) is 6.42 Å². The van der Waals surface area contributed by atoms with E-state index in [2.05, 4.69) is 32.0 Å². The Kier molecular flexibility index (Phi) is 3.16. The van der Waals surface area contributed by atoms with Gasteiger partial charge in [0.1, 0.15) is 5.82 Å². The van der Waals surface area contributed by atoms with Gasteiger partial charge in [0.2, 0.25) is 0 Å². The SMILES string of the molecule is NC1(Cc2nc3ccc(Br)cc3[nH]2)CCCCC1. The summed E-state index contributed by atoms with van der Waals surface area (Å²) in [6, 6.07) is 6.12. The maximum Gasteiger partial charge on any atom is 0.109 e. The Hall–Kier alpha value is -0.870.